The smallest absolute Gasteiger partial charge is 0.216 e. The molecule has 1 rings (SSSR count). The van der Waals surface area contributed by atoms with Gasteiger partial charge in [0.25, 0.3) is 0 Å². The standard InChI is InChI=1S/C14H22N2O3S2/c1-3-5-13(9-19-2)16-21(17,18)10-11-6-4-7-12(8-11)14(15)20/h4,6-8,13,16H,3,5,9-10H2,1-2H3,(H2,15,20). The minimum atomic E-state index is -3.43. The largest absolute Gasteiger partial charge is 0.389 e. The van der Waals surface area contributed by atoms with Crippen molar-refractivity contribution in [3.63, 3.8) is 0 Å². The van der Waals surface area contributed by atoms with Gasteiger partial charge in [0, 0.05) is 18.7 Å². The SMILES string of the molecule is CCCC(COC)NS(=O)(=O)Cc1cccc(C(N)=S)c1. The highest BCUT2D eigenvalue weighted by Gasteiger charge is 2.18. The Kier molecular flexibility index (Phi) is 7.24. The van der Waals surface area contributed by atoms with Crippen molar-refractivity contribution < 1.29 is 13.2 Å². The Morgan fingerprint density at radius 3 is 2.76 bits per heavy atom. The third-order valence-corrected chi connectivity index (χ3v) is 4.56. The molecule has 0 spiro atoms. The van der Waals surface area contributed by atoms with Crippen LogP contribution < -0.4 is 10.5 Å². The van der Waals surface area contributed by atoms with E-state index in [1.54, 1.807) is 31.4 Å². The van der Waals surface area contributed by atoms with E-state index in [1.165, 1.54) is 0 Å². The van der Waals surface area contributed by atoms with Crippen LogP contribution in [-0.2, 0) is 20.5 Å². The summed E-state index contributed by atoms with van der Waals surface area (Å²) in [5.41, 5.74) is 6.88. The lowest BCUT2D eigenvalue weighted by Gasteiger charge is -2.17. The van der Waals surface area contributed by atoms with Crippen molar-refractivity contribution in [3.8, 4) is 0 Å². The molecule has 0 aromatic heterocycles. The number of rotatable bonds is 9. The van der Waals surface area contributed by atoms with E-state index < -0.39 is 10.0 Å². The Morgan fingerprint density at radius 1 is 1.48 bits per heavy atom. The molecular formula is C14H22N2O3S2. The van der Waals surface area contributed by atoms with Gasteiger partial charge in [-0.05, 0) is 18.1 Å². The first kappa shape index (κ1) is 18.0. The van der Waals surface area contributed by atoms with Crippen molar-refractivity contribution in [2.45, 2.75) is 31.6 Å². The van der Waals surface area contributed by atoms with Crippen LogP contribution in [0.5, 0.6) is 0 Å². The number of ether oxygens (including phenoxy) is 1. The lowest BCUT2D eigenvalue weighted by Crippen LogP contribution is -2.38. The van der Waals surface area contributed by atoms with Crippen molar-refractivity contribution in [2.24, 2.45) is 5.73 Å². The first-order valence-corrected chi connectivity index (χ1v) is 8.81. The van der Waals surface area contributed by atoms with E-state index in [4.69, 9.17) is 22.7 Å². The summed E-state index contributed by atoms with van der Waals surface area (Å²) in [4.78, 5) is 0.255. The van der Waals surface area contributed by atoms with Crippen molar-refractivity contribution in [2.75, 3.05) is 13.7 Å². The minimum Gasteiger partial charge on any atom is -0.389 e. The molecule has 1 aromatic rings. The molecule has 0 fully saturated rings. The summed E-state index contributed by atoms with van der Waals surface area (Å²) in [5, 5.41) is 0. The number of sulfonamides is 1. The van der Waals surface area contributed by atoms with Crippen LogP contribution in [0.15, 0.2) is 24.3 Å². The zero-order valence-corrected chi connectivity index (χ0v) is 14.0. The number of nitrogens with one attached hydrogen (secondary N) is 1. The van der Waals surface area contributed by atoms with Crippen LogP contribution in [0.4, 0.5) is 0 Å². The molecule has 0 bridgehead atoms. The fourth-order valence-corrected chi connectivity index (χ4v) is 3.58. The predicted molar refractivity (Wildman–Crippen MR) is 88.7 cm³/mol. The van der Waals surface area contributed by atoms with Gasteiger partial charge in [0.05, 0.1) is 12.4 Å². The predicted octanol–water partition coefficient (Wildman–Crippen LogP) is 1.56. The Labute approximate surface area is 131 Å². The maximum absolute atomic E-state index is 12.2. The fraction of sp³-hybridized carbons (Fsp3) is 0.500. The average Bonchev–Trinajstić information content (AvgIpc) is 2.38. The van der Waals surface area contributed by atoms with Crippen LogP contribution in [0, 0.1) is 0 Å². The molecule has 0 heterocycles. The van der Waals surface area contributed by atoms with Crippen LogP contribution in [0.3, 0.4) is 0 Å². The van der Waals surface area contributed by atoms with Crippen molar-refractivity contribution >= 4 is 27.2 Å². The normalized spacial score (nSPS) is 13.0. The highest BCUT2D eigenvalue weighted by atomic mass is 32.2. The summed E-state index contributed by atoms with van der Waals surface area (Å²) >= 11 is 4.90. The highest BCUT2D eigenvalue weighted by Crippen LogP contribution is 2.10. The second-order valence-corrected chi connectivity index (χ2v) is 7.08. The maximum atomic E-state index is 12.2. The van der Waals surface area contributed by atoms with Crippen LogP contribution in [0.2, 0.25) is 0 Å². The summed E-state index contributed by atoms with van der Waals surface area (Å²) < 4.78 is 32.1. The summed E-state index contributed by atoms with van der Waals surface area (Å²) in [7, 11) is -1.88. The number of methoxy groups -OCH3 is 1. The molecule has 1 atom stereocenters. The molecule has 1 unspecified atom stereocenters. The van der Waals surface area contributed by atoms with Gasteiger partial charge in [-0.1, -0.05) is 43.8 Å². The first-order valence-electron chi connectivity index (χ1n) is 6.75. The van der Waals surface area contributed by atoms with Gasteiger partial charge in [0.1, 0.15) is 4.99 Å². The van der Waals surface area contributed by atoms with Gasteiger partial charge in [0.15, 0.2) is 0 Å². The van der Waals surface area contributed by atoms with Gasteiger partial charge < -0.3 is 10.5 Å². The van der Waals surface area contributed by atoms with E-state index >= 15 is 0 Å². The van der Waals surface area contributed by atoms with Crippen molar-refractivity contribution in [1.29, 1.82) is 0 Å². The van der Waals surface area contributed by atoms with Gasteiger partial charge in [-0.25, -0.2) is 13.1 Å². The Balaban J connectivity index is 2.79. The van der Waals surface area contributed by atoms with Crippen molar-refractivity contribution in [1.82, 2.24) is 4.72 Å². The molecule has 0 saturated heterocycles. The summed E-state index contributed by atoms with van der Waals surface area (Å²) in [6.07, 6.45) is 1.62. The number of thiocarbonyl (C=S) groups is 1. The van der Waals surface area contributed by atoms with E-state index in [-0.39, 0.29) is 16.8 Å². The van der Waals surface area contributed by atoms with Gasteiger partial charge in [-0.2, -0.15) is 0 Å². The lowest BCUT2D eigenvalue weighted by molar-refractivity contribution is 0.171. The molecule has 0 aliphatic heterocycles. The molecule has 0 aliphatic carbocycles. The lowest BCUT2D eigenvalue weighted by atomic mass is 10.1. The first-order chi connectivity index (χ1) is 9.88. The number of hydrogen-bond donors (Lipinski definition) is 2. The molecule has 3 N–H and O–H groups in total. The molecule has 0 radical (unpaired) electrons. The summed E-state index contributed by atoms with van der Waals surface area (Å²) in [6.45, 7) is 2.36. The van der Waals surface area contributed by atoms with Gasteiger partial charge in [0.2, 0.25) is 10.0 Å². The van der Waals surface area contributed by atoms with Crippen LogP contribution in [0.1, 0.15) is 30.9 Å². The monoisotopic (exact) mass is 330 g/mol. The van der Waals surface area contributed by atoms with Crippen molar-refractivity contribution in [3.05, 3.63) is 35.4 Å². The Bertz CT molecular complexity index is 567. The number of benzene rings is 1. The van der Waals surface area contributed by atoms with Crippen LogP contribution in [0.25, 0.3) is 0 Å². The second kappa shape index (κ2) is 8.43. The molecule has 1 aromatic carbocycles. The topological polar surface area (TPSA) is 81.4 Å². The fourth-order valence-electron chi connectivity index (χ4n) is 2.06. The summed E-state index contributed by atoms with van der Waals surface area (Å²) in [5.74, 6) is -0.104. The zero-order chi connectivity index (χ0) is 15.9. The number of nitrogens with two attached hydrogens (primary N) is 1. The molecule has 0 saturated carbocycles. The Hall–Kier alpha value is -1.02. The second-order valence-electron chi connectivity index (χ2n) is 4.88. The molecule has 0 amide bonds. The van der Waals surface area contributed by atoms with Crippen LogP contribution >= 0.6 is 12.2 Å². The molecule has 5 nitrogen and oxygen atoms in total. The third-order valence-electron chi connectivity index (χ3n) is 2.92. The number of hydrogen-bond acceptors (Lipinski definition) is 4. The summed E-state index contributed by atoms with van der Waals surface area (Å²) in [6, 6.07) is 6.75. The van der Waals surface area contributed by atoms with Crippen LogP contribution in [-0.4, -0.2) is 33.2 Å². The van der Waals surface area contributed by atoms with Gasteiger partial charge >= 0.3 is 0 Å². The van der Waals surface area contributed by atoms with E-state index in [9.17, 15) is 8.42 Å². The maximum Gasteiger partial charge on any atom is 0.216 e. The zero-order valence-electron chi connectivity index (χ0n) is 12.3. The van der Waals surface area contributed by atoms with Gasteiger partial charge in [-0.3, -0.25) is 0 Å². The van der Waals surface area contributed by atoms with E-state index in [1.807, 2.05) is 6.92 Å². The molecule has 7 heteroatoms. The molecule has 0 aliphatic rings. The molecule has 118 valence electrons. The highest BCUT2D eigenvalue weighted by molar-refractivity contribution is 7.88. The van der Waals surface area contributed by atoms with E-state index in [0.717, 1.165) is 12.8 Å². The molecule has 21 heavy (non-hydrogen) atoms. The minimum absolute atomic E-state index is 0.104. The molecular weight excluding hydrogens is 308 g/mol. The van der Waals surface area contributed by atoms with E-state index in [0.29, 0.717) is 17.7 Å². The third kappa shape index (κ3) is 6.52. The Morgan fingerprint density at radius 2 is 2.19 bits per heavy atom. The van der Waals surface area contributed by atoms with E-state index in [2.05, 4.69) is 4.72 Å². The quantitative estimate of drug-likeness (QED) is 0.672. The average molecular weight is 330 g/mol. The van der Waals surface area contributed by atoms with Gasteiger partial charge in [-0.15, -0.1) is 0 Å².